The van der Waals surface area contributed by atoms with E-state index in [2.05, 4.69) is 10.2 Å². The summed E-state index contributed by atoms with van der Waals surface area (Å²) >= 11 is 0. The van der Waals surface area contributed by atoms with Gasteiger partial charge in [0.25, 0.3) is 5.91 Å². The highest BCUT2D eigenvalue weighted by atomic mass is 35.5. The maximum absolute atomic E-state index is 12.5. The number of anilines is 2. The monoisotopic (exact) mass is 388 g/mol. The van der Waals surface area contributed by atoms with Gasteiger partial charge in [-0.1, -0.05) is 30.3 Å². The van der Waals surface area contributed by atoms with Gasteiger partial charge < -0.3 is 21.7 Å². The van der Waals surface area contributed by atoms with Crippen LogP contribution in [-0.4, -0.2) is 24.9 Å². The molecule has 1 saturated heterocycles. The maximum atomic E-state index is 12.5. The second-order valence-electron chi connectivity index (χ2n) is 6.52. The molecule has 2 aromatic rings. The lowest BCUT2D eigenvalue weighted by molar-refractivity contribution is -0.117. The zero-order chi connectivity index (χ0) is 18.5. The van der Waals surface area contributed by atoms with Gasteiger partial charge in [0.15, 0.2) is 0 Å². The van der Waals surface area contributed by atoms with E-state index in [0.29, 0.717) is 11.3 Å². The number of hydrogen-bond donors (Lipinski definition) is 3. The molecule has 2 aromatic carbocycles. The molecule has 3 rings (SSSR count). The number of nitrogens with two attached hydrogens (primary N) is 2. The minimum atomic E-state index is -0.759. The van der Waals surface area contributed by atoms with Gasteiger partial charge in [-0.3, -0.25) is 9.59 Å². The van der Waals surface area contributed by atoms with Gasteiger partial charge in [-0.05, 0) is 43.0 Å². The zero-order valence-corrected chi connectivity index (χ0v) is 15.9. The molecular weight excluding hydrogens is 364 g/mol. The fourth-order valence-electron chi connectivity index (χ4n) is 3.25. The predicted octanol–water partition coefficient (Wildman–Crippen LogP) is 2.84. The van der Waals surface area contributed by atoms with Crippen molar-refractivity contribution in [1.29, 1.82) is 0 Å². The normalized spacial score (nSPS) is 14.8. The van der Waals surface area contributed by atoms with Crippen LogP contribution in [0.2, 0.25) is 0 Å². The lowest BCUT2D eigenvalue weighted by atomic mass is 10.0. The van der Waals surface area contributed by atoms with Gasteiger partial charge in [0, 0.05) is 18.8 Å². The van der Waals surface area contributed by atoms with Crippen LogP contribution in [0.5, 0.6) is 0 Å². The number of benzene rings is 2. The first-order valence-corrected chi connectivity index (χ1v) is 8.86. The highest BCUT2D eigenvalue weighted by Crippen LogP contribution is 2.28. The number of nitrogens with zero attached hydrogens (tertiary/aromatic N) is 1. The van der Waals surface area contributed by atoms with E-state index < -0.39 is 11.9 Å². The summed E-state index contributed by atoms with van der Waals surface area (Å²) in [5, 5.41) is 2.84. The Morgan fingerprint density at radius 3 is 2.30 bits per heavy atom. The van der Waals surface area contributed by atoms with Crippen LogP contribution in [0.1, 0.15) is 41.2 Å². The van der Waals surface area contributed by atoms with E-state index in [1.165, 1.54) is 6.42 Å². The Labute approximate surface area is 165 Å². The molecule has 0 bridgehead atoms. The first-order valence-electron chi connectivity index (χ1n) is 8.86. The van der Waals surface area contributed by atoms with Crippen LogP contribution in [0.3, 0.4) is 0 Å². The Kier molecular flexibility index (Phi) is 7.21. The van der Waals surface area contributed by atoms with Crippen LogP contribution in [-0.2, 0) is 4.79 Å². The Morgan fingerprint density at radius 2 is 1.67 bits per heavy atom. The summed E-state index contributed by atoms with van der Waals surface area (Å²) in [7, 11) is 0. The van der Waals surface area contributed by atoms with E-state index in [-0.39, 0.29) is 18.3 Å². The number of primary amides is 1. The highest BCUT2D eigenvalue weighted by Gasteiger charge is 2.20. The average Bonchev–Trinajstić information content (AvgIpc) is 2.68. The van der Waals surface area contributed by atoms with Crippen molar-refractivity contribution in [3.05, 3.63) is 59.7 Å². The fraction of sp³-hybridized carbons (Fsp3) is 0.300. The molecule has 6 nitrogen and oxygen atoms in total. The quantitative estimate of drug-likeness (QED) is 0.732. The zero-order valence-electron chi connectivity index (χ0n) is 15.1. The summed E-state index contributed by atoms with van der Waals surface area (Å²) in [6, 6.07) is 13.6. The Balaban J connectivity index is 0.00000261. The maximum Gasteiger partial charge on any atom is 0.250 e. The van der Waals surface area contributed by atoms with Gasteiger partial charge >= 0.3 is 0 Å². The van der Waals surface area contributed by atoms with Crippen molar-refractivity contribution in [2.24, 2.45) is 11.5 Å². The SMILES string of the molecule is Cl.NC(=O)c1ccc(NC(=O)C(N)c2ccccc2)cc1N1CCCCC1. The molecule has 1 fully saturated rings. The van der Waals surface area contributed by atoms with Gasteiger partial charge in [-0.2, -0.15) is 0 Å². The minimum absolute atomic E-state index is 0. The van der Waals surface area contributed by atoms with Crippen molar-refractivity contribution >= 4 is 35.6 Å². The van der Waals surface area contributed by atoms with E-state index in [1.807, 2.05) is 30.3 Å². The summed E-state index contributed by atoms with van der Waals surface area (Å²) in [6.07, 6.45) is 3.34. The number of hydrogen-bond acceptors (Lipinski definition) is 4. The number of amides is 2. The molecule has 0 spiro atoms. The third-order valence-electron chi connectivity index (χ3n) is 4.67. The molecule has 144 valence electrons. The molecule has 27 heavy (non-hydrogen) atoms. The fourth-order valence-corrected chi connectivity index (χ4v) is 3.25. The molecule has 1 unspecified atom stereocenters. The van der Waals surface area contributed by atoms with Crippen LogP contribution < -0.4 is 21.7 Å². The summed E-state index contributed by atoms with van der Waals surface area (Å²) in [6.45, 7) is 1.75. The number of rotatable bonds is 5. The van der Waals surface area contributed by atoms with Gasteiger partial charge in [-0.25, -0.2) is 0 Å². The predicted molar refractivity (Wildman–Crippen MR) is 110 cm³/mol. The molecule has 0 aliphatic carbocycles. The van der Waals surface area contributed by atoms with Gasteiger partial charge in [0.2, 0.25) is 5.91 Å². The van der Waals surface area contributed by atoms with Crippen molar-refractivity contribution in [1.82, 2.24) is 0 Å². The summed E-state index contributed by atoms with van der Waals surface area (Å²) in [5.74, 6) is -0.767. The van der Waals surface area contributed by atoms with E-state index in [4.69, 9.17) is 11.5 Å². The number of carbonyl (C=O) groups is 2. The Hall–Kier alpha value is -2.57. The van der Waals surface area contributed by atoms with Crippen LogP contribution in [0.15, 0.2) is 48.5 Å². The summed E-state index contributed by atoms with van der Waals surface area (Å²) in [4.78, 5) is 26.4. The Bertz CT molecular complexity index is 792. The van der Waals surface area contributed by atoms with E-state index in [1.54, 1.807) is 18.2 Å². The second-order valence-corrected chi connectivity index (χ2v) is 6.52. The van der Waals surface area contributed by atoms with Crippen LogP contribution in [0.4, 0.5) is 11.4 Å². The molecule has 2 amide bonds. The third kappa shape index (κ3) is 4.99. The lowest BCUT2D eigenvalue weighted by Crippen LogP contribution is -2.32. The van der Waals surface area contributed by atoms with Crippen LogP contribution in [0.25, 0.3) is 0 Å². The highest BCUT2D eigenvalue weighted by molar-refractivity contribution is 6.01. The van der Waals surface area contributed by atoms with Crippen LogP contribution in [0, 0.1) is 0 Å². The van der Waals surface area contributed by atoms with E-state index in [0.717, 1.165) is 37.2 Å². The van der Waals surface area contributed by atoms with Crippen molar-refractivity contribution in [3.8, 4) is 0 Å². The lowest BCUT2D eigenvalue weighted by Gasteiger charge is -2.30. The van der Waals surface area contributed by atoms with Crippen molar-refractivity contribution in [2.45, 2.75) is 25.3 Å². The smallest absolute Gasteiger partial charge is 0.250 e. The second kappa shape index (κ2) is 9.39. The van der Waals surface area contributed by atoms with Crippen LogP contribution >= 0.6 is 12.4 Å². The number of nitrogens with one attached hydrogen (secondary N) is 1. The number of piperidine rings is 1. The average molecular weight is 389 g/mol. The molecule has 0 aromatic heterocycles. The minimum Gasteiger partial charge on any atom is -0.371 e. The number of carbonyl (C=O) groups excluding carboxylic acids is 2. The first-order chi connectivity index (χ1) is 12.6. The molecular formula is C20H25ClN4O2. The standard InChI is InChI=1S/C20H24N4O2.ClH/c21-18(14-7-3-1-4-8-14)20(26)23-15-9-10-16(19(22)25)17(13-15)24-11-5-2-6-12-24;/h1,3-4,7-10,13,18H,2,5-6,11-12,21H2,(H2,22,25)(H,23,26);1H. The molecule has 5 N–H and O–H groups in total. The molecule has 1 atom stereocenters. The van der Waals surface area contributed by atoms with Crippen molar-refractivity contribution in [3.63, 3.8) is 0 Å². The first kappa shape index (κ1) is 20.7. The summed E-state index contributed by atoms with van der Waals surface area (Å²) < 4.78 is 0. The van der Waals surface area contributed by atoms with Crippen molar-refractivity contribution < 1.29 is 9.59 Å². The molecule has 7 heteroatoms. The molecule has 1 aliphatic rings. The number of halogens is 1. The molecule has 1 heterocycles. The van der Waals surface area contributed by atoms with E-state index >= 15 is 0 Å². The Morgan fingerprint density at radius 1 is 1.00 bits per heavy atom. The molecule has 0 saturated carbocycles. The van der Waals surface area contributed by atoms with Gasteiger partial charge in [0.1, 0.15) is 6.04 Å². The van der Waals surface area contributed by atoms with E-state index in [9.17, 15) is 9.59 Å². The van der Waals surface area contributed by atoms with Crippen molar-refractivity contribution in [2.75, 3.05) is 23.3 Å². The van der Waals surface area contributed by atoms with Gasteiger partial charge in [0.05, 0.1) is 11.3 Å². The van der Waals surface area contributed by atoms with Gasteiger partial charge in [-0.15, -0.1) is 12.4 Å². The summed E-state index contributed by atoms with van der Waals surface area (Å²) in [5.41, 5.74) is 14.2. The third-order valence-corrected chi connectivity index (χ3v) is 4.67. The molecule has 1 aliphatic heterocycles. The molecule has 0 radical (unpaired) electrons. The largest absolute Gasteiger partial charge is 0.371 e. The topological polar surface area (TPSA) is 101 Å².